The van der Waals surface area contributed by atoms with Crippen molar-refractivity contribution in [2.45, 2.75) is 62.7 Å². The lowest BCUT2D eigenvalue weighted by molar-refractivity contribution is -0.118. The van der Waals surface area contributed by atoms with Crippen LogP contribution in [0, 0.1) is 0 Å². The Morgan fingerprint density at radius 2 is 1.96 bits per heavy atom. The summed E-state index contributed by atoms with van der Waals surface area (Å²) in [5.41, 5.74) is 1.83. The van der Waals surface area contributed by atoms with E-state index >= 15 is 0 Å². The molecule has 1 saturated carbocycles. The molecule has 2 heterocycles. The summed E-state index contributed by atoms with van der Waals surface area (Å²) in [6.07, 6.45) is 8.21. The molecule has 2 aromatic rings. The van der Waals surface area contributed by atoms with E-state index in [2.05, 4.69) is 17.2 Å². The molecule has 4 rings (SSSR count). The Bertz CT molecular complexity index is 856. The van der Waals surface area contributed by atoms with Gasteiger partial charge in [-0.2, -0.15) is 0 Å². The molecule has 1 saturated heterocycles. The smallest absolute Gasteiger partial charge is 0.286 e. The van der Waals surface area contributed by atoms with Crippen LogP contribution in [0.1, 0.15) is 56.2 Å². The predicted molar refractivity (Wildman–Crippen MR) is 106 cm³/mol. The summed E-state index contributed by atoms with van der Waals surface area (Å²) >= 11 is 1.04. The maximum atomic E-state index is 11.7. The van der Waals surface area contributed by atoms with Gasteiger partial charge in [-0.05, 0) is 37.0 Å². The van der Waals surface area contributed by atoms with Crippen LogP contribution in [-0.2, 0) is 23.2 Å². The number of nitrogens with one attached hydrogen (secondary N) is 1. The van der Waals surface area contributed by atoms with Gasteiger partial charge in [-0.25, -0.2) is 4.98 Å². The van der Waals surface area contributed by atoms with Crippen molar-refractivity contribution in [1.29, 1.82) is 0 Å². The van der Waals surface area contributed by atoms with Crippen LogP contribution in [0.15, 0.2) is 34.9 Å². The number of hydrogen-bond acceptors (Lipinski definition) is 6. The van der Waals surface area contributed by atoms with E-state index in [1.54, 1.807) is 6.26 Å². The lowest BCUT2D eigenvalue weighted by atomic mass is 9.76. The summed E-state index contributed by atoms with van der Waals surface area (Å²) in [5.74, 6) is 1.34. The van der Waals surface area contributed by atoms with Crippen LogP contribution < -0.4 is 10.1 Å². The number of ether oxygens (including phenoxy) is 1. The normalized spacial score (nSPS) is 21.5. The Morgan fingerprint density at radius 1 is 1.21 bits per heavy atom. The number of amides is 2. The molecule has 1 atom stereocenters. The molecule has 7 heteroatoms. The van der Waals surface area contributed by atoms with Crippen molar-refractivity contribution in [2.75, 3.05) is 0 Å². The van der Waals surface area contributed by atoms with Crippen LogP contribution in [0.2, 0.25) is 0 Å². The molecule has 1 aromatic heterocycles. The Balaban J connectivity index is 1.32. The Morgan fingerprint density at radius 3 is 2.64 bits per heavy atom. The molecular formula is C21H24N2O4S. The zero-order valence-corrected chi connectivity index (χ0v) is 16.7. The molecule has 2 fully saturated rings. The summed E-state index contributed by atoms with van der Waals surface area (Å²) in [7, 11) is 0. The van der Waals surface area contributed by atoms with Gasteiger partial charge in [-0.1, -0.05) is 50.1 Å². The van der Waals surface area contributed by atoms with E-state index in [0.29, 0.717) is 13.0 Å². The van der Waals surface area contributed by atoms with Crippen molar-refractivity contribution >= 4 is 22.9 Å². The maximum Gasteiger partial charge on any atom is 0.286 e. The average Bonchev–Trinajstić information content (AvgIpc) is 3.29. The predicted octanol–water partition coefficient (Wildman–Crippen LogP) is 4.37. The van der Waals surface area contributed by atoms with Crippen LogP contribution in [-0.4, -0.2) is 21.4 Å². The SMILES string of the molecule is CC1(c2nc(COc3ccc(CC4SC(=O)NC4=O)cc3)co2)CCCCC1. The summed E-state index contributed by atoms with van der Waals surface area (Å²) in [6, 6.07) is 7.59. The fourth-order valence-electron chi connectivity index (χ4n) is 3.82. The number of imide groups is 1. The fraction of sp³-hybridized carbons (Fsp3) is 0.476. The number of benzene rings is 1. The third-order valence-electron chi connectivity index (χ3n) is 5.52. The summed E-state index contributed by atoms with van der Waals surface area (Å²) in [6.45, 7) is 2.59. The average molecular weight is 401 g/mol. The van der Waals surface area contributed by atoms with E-state index < -0.39 is 0 Å². The lowest BCUT2D eigenvalue weighted by Gasteiger charge is -2.30. The Labute approximate surface area is 168 Å². The maximum absolute atomic E-state index is 11.7. The monoisotopic (exact) mass is 400 g/mol. The topological polar surface area (TPSA) is 81.4 Å². The number of oxazole rings is 1. The molecule has 28 heavy (non-hydrogen) atoms. The van der Waals surface area contributed by atoms with Gasteiger partial charge in [0.25, 0.3) is 5.24 Å². The lowest BCUT2D eigenvalue weighted by Crippen LogP contribution is -2.25. The van der Waals surface area contributed by atoms with Gasteiger partial charge in [-0.3, -0.25) is 14.9 Å². The number of carbonyl (C=O) groups excluding carboxylic acids is 2. The van der Waals surface area contributed by atoms with E-state index in [1.807, 2.05) is 24.3 Å². The van der Waals surface area contributed by atoms with Gasteiger partial charge in [0.1, 0.15) is 24.3 Å². The number of hydrogen-bond donors (Lipinski definition) is 1. The Hall–Kier alpha value is -2.28. The van der Waals surface area contributed by atoms with Gasteiger partial charge in [-0.15, -0.1) is 0 Å². The highest BCUT2D eigenvalue weighted by atomic mass is 32.2. The van der Waals surface area contributed by atoms with Gasteiger partial charge in [0.05, 0.1) is 5.25 Å². The van der Waals surface area contributed by atoms with Crippen molar-refractivity contribution in [3.8, 4) is 5.75 Å². The summed E-state index contributed by atoms with van der Waals surface area (Å²) < 4.78 is 11.6. The number of carbonyl (C=O) groups is 2. The molecule has 1 aliphatic heterocycles. The highest BCUT2D eigenvalue weighted by Crippen LogP contribution is 2.38. The molecule has 148 valence electrons. The van der Waals surface area contributed by atoms with Crippen LogP contribution >= 0.6 is 11.8 Å². The number of thioether (sulfide) groups is 1. The minimum atomic E-state index is -0.353. The second-order valence-corrected chi connectivity index (χ2v) is 8.96. The number of nitrogens with zero attached hydrogens (tertiary/aromatic N) is 1. The largest absolute Gasteiger partial charge is 0.487 e. The first-order valence-corrected chi connectivity index (χ1v) is 10.6. The fourth-order valence-corrected chi connectivity index (χ4v) is 4.68. The van der Waals surface area contributed by atoms with Crippen molar-refractivity contribution in [1.82, 2.24) is 10.3 Å². The van der Waals surface area contributed by atoms with Gasteiger partial charge >= 0.3 is 0 Å². The zero-order valence-electron chi connectivity index (χ0n) is 15.9. The van der Waals surface area contributed by atoms with Gasteiger partial charge in [0.2, 0.25) is 5.91 Å². The van der Waals surface area contributed by atoms with E-state index in [-0.39, 0.29) is 21.8 Å². The summed E-state index contributed by atoms with van der Waals surface area (Å²) in [5, 5.41) is 1.68. The molecule has 1 aliphatic carbocycles. The molecular weight excluding hydrogens is 376 g/mol. The molecule has 0 spiro atoms. The minimum Gasteiger partial charge on any atom is -0.487 e. The van der Waals surface area contributed by atoms with Crippen LogP contribution in [0.4, 0.5) is 4.79 Å². The van der Waals surface area contributed by atoms with Crippen molar-refractivity contribution < 1.29 is 18.7 Å². The van der Waals surface area contributed by atoms with Crippen molar-refractivity contribution in [3.63, 3.8) is 0 Å². The first-order chi connectivity index (χ1) is 13.5. The molecule has 1 N–H and O–H groups in total. The van der Waals surface area contributed by atoms with E-state index in [1.165, 1.54) is 19.3 Å². The molecule has 0 bridgehead atoms. The quantitative estimate of drug-likeness (QED) is 0.775. The third kappa shape index (κ3) is 4.24. The number of rotatable bonds is 6. The summed E-state index contributed by atoms with van der Waals surface area (Å²) in [4.78, 5) is 27.6. The van der Waals surface area contributed by atoms with E-state index in [9.17, 15) is 9.59 Å². The van der Waals surface area contributed by atoms with Crippen LogP contribution in [0.25, 0.3) is 0 Å². The first kappa shape index (κ1) is 19.1. The van der Waals surface area contributed by atoms with Gasteiger partial charge < -0.3 is 9.15 Å². The third-order valence-corrected chi connectivity index (χ3v) is 6.50. The highest BCUT2D eigenvalue weighted by molar-refractivity contribution is 8.15. The standard InChI is InChI=1S/C21H24N2O4S/c1-21(9-3-2-4-10-21)19-22-15(13-27-19)12-26-16-7-5-14(6-8-16)11-17-18(24)23-20(25)28-17/h5-8,13,17H,2-4,9-12H2,1H3,(H,23,24,25). The molecule has 2 aliphatic rings. The zero-order chi connectivity index (χ0) is 19.6. The molecule has 0 radical (unpaired) electrons. The number of aromatic nitrogens is 1. The van der Waals surface area contributed by atoms with Crippen molar-refractivity contribution in [3.05, 3.63) is 47.7 Å². The van der Waals surface area contributed by atoms with Gasteiger partial charge in [0.15, 0.2) is 5.89 Å². The first-order valence-electron chi connectivity index (χ1n) is 9.70. The highest BCUT2D eigenvalue weighted by Gasteiger charge is 2.33. The second-order valence-electron chi connectivity index (χ2n) is 7.79. The molecule has 1 unspecified atom stereocenters. The van der Waals surface area contributed by atoms with E-state index in [4.69, 9.17) is 9.15 Å². The second kappa shape index (κ2) is 7.99. The molecule has 1 aromatic carbocycles. The Kier molecular flexibility index (Phi) is 5.44. The van der Waals surface area contributed by atoms with E-state index in [0.717, 1.165) is 47.5 Å². The van der Waals surface area contributed by atoms with Crippen LogP contribution in [0.3, 0.4) is 0 Å². The van der Waals surface area contributed by atoms with Gasteiger partial charge in [0, 0.05) is 5.41 Å². The van der Waals surface area contributed by atoms with Crippen LogP contribution in [0.5, 0.6) is 5.75 Å². The minimum absolute atomic E-state index is 0.0457. The molecule has 6 nitrogen and oxygen atoms in total. The van der Waals surface area contributed by atoms with Crippen molar-refractivity contribution in [2.24, 2.45) is 0 Å². The molecule has 2 amide bonds.